The number of rotatable bonds is 6. The quantitative estimate of drug-likeness (QED) is 0.744. The maximum absolute atomic E-state index is 14.6. The summed E-state index contributed by atoms with van der Waals surface area (Å²) < 4.78 is 14.6. The minimum absolute atomic E-state index is 0.0826. The van der Waals surface area contributed by atoms with Crippen molar-refractivity contribution in [3.63, 3.8) is 0 Å². The molecule has 2 amide bonds. The lowest BCUT2D eigenvalue weighted by atomic mass is 9.86. The third-order valence-electron chi connectivity index (χ3n) is 5.39. The molecule has 2 rings (SSSR count). The Morgan fingerprint density at radius 2 is 1.70 bits per heavy atom. The average Bonchev–Trinajstić information content (AvgIpc) is 2.59. The largest absolute Gasteiger partial charge is 0.355 e. The molecule has 1 aliphatic heterocycles. The summed E-state index contributed by atoms with van der Waals surface area (Å²) in [5.41, 5.74) is 1.98. The van der Waals surface area contributed by atoms with Crippen molar-refractivity contribution in [2.75, 3.05) is 26.2 Å². The zero-order chi connectivity index (χ0) is 22.5. The number of nitrogens with zero attached hydrogens (tertiary/aromatic N) is 1. The number of benzene rings is 1. The van der Waals surface area contributed by atoms with Crippen LogP contribution in [0.2, 0.25) is 0 Å². The van der Waals surface area contributed by atoms with Crippen LogP contribution < -0.4 is 10.6 Å². The van der Waals surface area contributed by atoms with Crippen molar-refractivity contribution in [2.24, 2.45) is 5.92 Å². The summed E-state index contributed by atoms with van der Waals surface area (Å²) in [6.07, 6.45) is -0.120. The fraction of sp³-hybridized carbons (Fsp3) is 0.667. The second-order valence-electron chi connectivity index (χ2n) is 10.5. The molecule has 5 nitrogen and oxygen atoms in total. The average molecular weight is 420 g/mol. The summed E-state index contributed by atoms with van der Waals surface area (Å²) in [6.45, 7) is 13.7. The van der Waals surface area contributed by atoms with Crippen LogP contribution in [0.4, 0.5) is 4.39 Å². The number of carbonyl (C=O) groups is 2. The topological polar surface area (TPSA) is 61.4 Å². The number of alkyl halides is 1. The van der Waals surface area contributed by atoms with Gasteiger partial charge in [-0.1, -0.05) is 45.0 Å². The first-order chi connectivity index (χ1) is 13.8. The van der Waals surface area contributed by atoms with E-state index in [2.05, 4.69) is 43.5 Å². The number of carbonyl (C=O) groups excluding carboxylic acids is 2. The van der Waals surface area contributed by atoms with E-state index in [9.17, 15) is 14.0 Å². The van der Waals surface area contributed by atoms with Gasteiger partial charge in [0.2, 0.25) is 11.8 Å². The molecular weight excluding hydrogens is 381 g/mol. The first-order valence-electron chi connectivity index (χ1n) is 10.9. The molecule has 1 fully saturated rings. The molecule has 0 bridgehead atoms. The molecule has 0 spiro atoms. The van der Waals surface area contributed by atoms with E-state index < -0.39 is 6.17 Å². The van der Waals surface area contributed by atoms with Crippen molar-refractivity contribution in [1.29, 1.82) is 0 Å². The van der Waals surface area contributed by atoms with Gasteiger partial charge in [-0.3, -0.25) is 14.5 Å². The maximum atomic E-state index is 14.6. The van der Waals surface area contributed by atoms with Gasteiger partial charge in [0.25, 0.3) is 0 Å². The zero-order valence-electron chi connectivity index (χ0n) is 19.3. The highest BCUT2D eigenvalue weighted by atomic mass is 19.1. The Morgan fingerprint density at radius 1 is 1.07 bits per heavy atom. The van der Waals surface area contributed by atoms with Gasteiger partial charge < -0.3 is 10.6 Å². The summed E-state index contributed by atoms with van der Waals surface area (Å²) >= 11 is 0. The molecular formula is C24H38FN3O2. The molecule has 1 aliphatic rings. The van der Waals surface area contributed by atoms with Gasteiger partial charge in [0.1, 0.15) is 6.17 Å². The summed E-state index contributed by atoms with van der Waals surface area (Å²) in [5.74, 6) is -0.379. The Morgan fingerprint density at radius 3 is 2.23 bits per heavy atom. The number of halogens is 1. The van der Waals surface area contributed by atoms with Gasteiger partial charge >= 0.3 is 0 Å². The van der Waals surface area contributed by atoms with Crippen LogP contribution >= 0.6 is 0 Å². The molecule has 0 radical (unpaired) electrons. The third kappa shape index (κ3) is 8.05. The predicted octanol–water partition coefficient (Wildman–Crippen LogP) is 3.22. The van der Waals surface area contributed by atoms with E-state index in [-0.39, 0.29) is 41.8 Å². The van der Waals surface area contributed by atoms with E-state index in [0.717, 1.165) is 5.56 Å². The van der Waals surface area contributed by atoms with E-state index in [1.165, 1.54) is 5.56 Å². The smallest absolute Gasteiger partial charge is 0.234 e. The molecule has 1 aromatic rings. The van der Waals surface area contributed by atoms with Gasteiger partial charge in [0, 0.05) is 24.5 Å². The lowest BCUT2D eigenvalue weighted by Crippen LogP contribution is -2.51. The number of nitrogens with one attached hydrogen (secondary N) is 2. The fourth-order valence-corrected chi connectivity index (χ4v) is 3.67. The molecule has 1 heterocycles. The van der Waals surface area contributed by atoms with E-state index in [0.29, 0.717) is 25.9 Å². The minimum atomic E-state index is -1.05. The van der Waals surface area contributed by atoms with Crippen LogP contribution in [0.1, 0.15) is 59.1 Å². The Labute approximate surface area is 180 Å². The number of likely N-dealkylation sites (tertiary alicyclic amines) is 1. The highest BCUT2D eigenvalue weighted by Gasteiger charge is 2.30. The standard InChI is InChI=1S/C24H38FN3O2/c1-23(2,3)19-9-7-17(8-10-19)13-21(29)26-14-18-11-12-28(15-20(18)25)16-22(30)27-24(4,5)6/h7-10,18,20H,11-16H2,1-6H3,(H,26,29)(H,27,30). The molecule has 1 aromatic carbocycles. The zero-order valence-corrected chi connectivity index (χ0v) is 19.3. The highest BCUT2D eigenvalue weighted by molar-refractivity contribution is 5.79. The Hall–Kier alpha value is -1.95. The summed E-state index contributed by atoms with van der Waals surface area (Å²) in [4.78, 5) is 26.2. The van der Waals surface area contributed by atoms with Crippen LogP contribution in [-0.4, -0.2) is 54.6 Å². The molecule has 1 saturated heterocycles. The van der Waals surface area contributed by atoms with Gasteiger partial charge in [-0.25, -0.2) is 4.39 Å². The summed E-state index contributed by atoms with van der Waals surface area (Å²) in [7, 11) is 0. The molecule has 2 N–H and O–H groups in total. The predicted molar refractivity (Wildman–Crippen MR) is 119 cm³/mol. The Kier molecular flexibility index (Phi) is 8.03. The number of amides is 2. The van der Waals surface area contributed by atoms with Crippen molar-refractivity contribution in [3.8, 4) is 0 Å². The van der Waals surface area contributed by atoms with Gasteiger partial charge in [-0.05, 0) is 50.3 Å². The van der Waals surface area contributed by atoms with Crippen molar-refractivity contribution >= 4 is 11.8 Å². The first kappa shape index (κ1) is 24.3. The normalized spacial score (nSPS) is 20.6. The molecule has 0 saturated carbocycles. The molecule has 6 heteroatoms. The highest BCUT2D eigenvalue weighted by Crippen LogP contribution is 2.22. The van der Waals surface area contributed by atoms with Crippen LogP contribution in [0.25, 0.3) is 0 Å². The van der Waals surface area contributed by atoms with Crippen molar-refractivity contribution < 1.29 is 14.0 Å². The van der Waals surface area contributed by atoms with Crippen LogP contribution in [0, 0.1) is 5.92 Å². The van der Waals surface area contributed by atoms with Crippen LogP contribution in [0.15, 0.2) is 24.3 Å². The van der Waals surface area contributed by atoms with Crippen LogP contribution in [0.5, 0.6) is 0 Å². The van der Waals surface area contributed by atoms with Gasteiger partial charge in [-0.2, -0.15) is 0 Å². The van der Waals surface area contributed by atoms with Crippen molar-refractivity contribution in [3.05, 3.63) is 35.4 Å². The van der Waals surface area contributed by atoms with E-state index >= 15 is 0 Å². The van der Waals surface area contributed by atoms with E-state index in [1.54, 1.807) is 0 Å². The summed E-state index contributed by atoms with van der Waals surface area (Å²) in [6, 6.07) is 8.09. The van der Waals surface area contributed by atoms with Gasteiger partial charge in [-0.15, -0.1) is 0 Å². The second kappa shape index (κ2) is 9.90. The monoisotopic (exact) mass is 419 g/mol. The maximum Gasteiger partial charge on any atom is 0.234 e. The van der Waals surface area contributed by atoms with Crippen molar-refractivity contribution in [2.45, 2.75) is 71.5 Å². The van der Waals surface area contributed by atoms with Gasteiger partial charge in [0.15, 0.2) is 0 Å². The summed E-state index contributed by atoms with van der Waals surface area (Å²) in [5, 5.41) is 5.79. The lowest BCUT2D eigenvalue weighted by molar-refractivity contribution is -0.124. The van der Waals surface area contributed by atoms with Crippen LogP contribution in [-0.2, 0) is 21.4 Å². The molecule has 2 atom stereocenters. The Balaban J connectivity index is 1.75. The number of hydrogen-bond donors (Lipinski definition) is 2. The number of piperidine rings is 1. The molecule has 0 aromatic heterocycles. The SMILES string of the molecule is CC(C)(C)NC(=O)CN1CCC(CNC(=O)Cc2ccc(C(C)(C)C)cc2)C(F)C1. The van der Waals surface area contributed by atoms with Crippen molar-refractivity contribution in [1.82, 2.24) is 15.5 Å². The van der Waals surface area contributed by atoms with E-state index in [4.69, 9.17) is 0 Å². The number of hydrogen-bond acceptors (Lipinski definition) is 3. The Bertz CT molecular complexity index is 719. The molecule has 0 aliphatic carbocycles. The van der Waals surface area contributed by atoms with Gasteiger partial charge in [0.05, 0.1) is 13.0 Å². The van der Waals surface area contributed by atoms with Crippen LogP contribution in [0.3, 0.4) is 0 Å². The minimum Gasteiger partial charge on any atom is -0.355 e. The fourth-order valence-electron chi connectivity index (χ4n) is 3.67. The lowest BCUT2D eigenvalue weighted by Gasteiger charge is -2.35. The third-order valence-corrected chi connectivity index (χ3v) is 5.39. The van der Waals surface area contributed by atoms with E-state index in [1.807, 2.05) is 37.8 Å². The molecule has 168 valence electrons. The first-order valence-corrected chi connectivity index (χ1v) is 10.9. The molecule has 2 unspecified atom stereocenters. The molecule has 30 heavy (non-hydrogen) atoms. The second-order valence-corrected chi connectivity index (χ2v) is 10.5.